The van der Waals surface area contributed by atoms with E-state index < -0.39 is 23.5 Å². The van der Waals surface area contributed by atoms with Gasteiger partial charge in [-0.15, -0.1) is 0 Å². The minimum atomic E-state index is -4.82. The van der Waals surface area contributed by atoms with Gasteiger partial charge in [-0.25, -0.2) is 4.39 Å². The number of halogens is 5. The molecule has 0 fully saturated rings. The summed E-state index contributed by atoms with van der Waals surface area (Å²) < 4.78 is 50.5. The summed E-state index contributed by atoms with van der Waals surface area (Å²) in [5, 5.41) is 2.47. The lowest BCUT2D eigenvalue weighted by molar-refractivity contribution is -0.140. The van der Waals surface area contributed by atoms with Gasteiger partial charge >= 0.3 is 6.18 Å². The molecule has 2 nitrogen and oxygen atoms in total. The Labute approximate surface area is 116 Å². The van der Waals surface area contributed by atoms with Crippen LogP contribution in [0.2, 0.25) is 0 Å². The molecule has 0 aliphatic carbocycles. The van der Waals surface area contributed by atoms with Crippen LogP contribution in [-0.4, -0.2) is 17.3 Å². The molecule has 0 bridgehead atoms. The van der Waals surface area contributed by atoms with Gasteiger partial charge in [-0.1, -0.05) is 22.9 Å². The van der Waals surface area contributed by atoms with Crippen LogP contribution in [0.25, 0.3) is 0 Å². The molecular formula is C12H12BrF4NO. The van der Waals surface area contributed by atoms with E-state index in [9.17, 15) is 22.4 Å². The van der Waals surface area contributed by atoms with Crippen molar-refractivity contribution in [3.05, 3.63) is 35.1 Å². The zero-order valence-corrected chi connectivity index (χ0v) is 11.6. The second-order valence-electron chi connectivity index (χ2n) is 3.91. The van der Waals surface area contributed by atoms with Gasteiger partial charge in [-0.2, -0.15) is 13.2 Å². The number of benzene rings is 1. The molecular weight excluding hydrogens is 330 g/mol. The second-order valence-corrected chi connectivity index (χ2v) is 5.20. The number of hydrogen-bond acceptors (Lipinski definition) is 1. The van der Waals surface area contributed by atoms with E-state index in [1.54, 1.807) is 0 Å². The molecule has 1 atom stereocenters. The van der Waals surface area contributed by atoms with Crippen molar-refractivity contribution in [2.24, 2.45) is 0 Å². The monoisotopic (exact) mass is 341 g/mol. The van der Waals surface area contributed by atoms with Gasteiger partial charge in [0.05, 0.1) is 5.56 Å². The van der Waals surface area contributed by atoms with Gasteiger partial charge in [-0.05, 0) is 24.6 Å². The smallest absolute Gasteiger partial charge is 0.351 e. The highest BCUT2D eigenvalue weighted by molar-refractivity contribution is 9.09. The van der Waals surface area contributed by atoms with Gasteiger partial charge < -0.3 is 5.32 Å². The zero-order chi connectivity index (χ0) is 14.6. The summed E-state index contributed by atoms with van der Waals surface area (Å²) in [7, 11) is 0. The van der Waals surface area contributed by atoms with Crippen LogP contribution in [0.3, 0.4) is 0 Å². The van der Waals surface area contributed by atoms with Crippen LogP contribution in [0.1, 0.15) is 29.3 Å². The van der Waals surface area contributed by atoms with Crippen molar-refractivity contribution in [2.45, 2.75) is 24.3 Å². The maximum Gasteiger partial charge on any atom is 0.419 e. The van der Waals surface area contributed by atoms with Crippen molar-refractivity contribution >= 4 is 21.8 Å². The summed E-state index contributed by atoms with van der Waals surface area (Å²) in [5.41, 5.74) is -1.66. The average Bonchev–Trinajstić information content (AvgIpc) is 2.34. The summed E-state index contributed by atoms with van der Waals surface area (Å²) in [6.45, 7) is 2.18. The fourth-order valence-corrected chi connectivity index (χ4v) is 1.50. The largest absolute Gasteiger partial charge is 0.419 e. The van der Waals surface area contributed by atoms with Crippen LogP contribution in [0.4, 0.5) is 17.6 Å². The topological polar surface area (TPSA) is 29.1 Å². The molecule has 0 aromatic heterocycles. The normalized spacial score (nSPS) is 13.2. The van der Waals surface area contributed by atoms with Crippen molar-refractivity contribution in [3.8, 4) is 0 Å². The summed E-state index contributed by atoms with van der Waals surface area (Å²) in [5.74, 6) is -2.06. The predicted molar refractivity (Wildman–Crippen MR) is 66.7 cm³/mol. The van der Waals surface area contributed by atoms with E-state index in [0.717, 1.165) is 12.5 Å². The Morgan fingerprint density at radius 2 is 2.05 bits per heavy atom. The molecule has 1 aromatic carbocycles. The second kappa shape index (κ2) is 6.36. The molecule has 1 aromatic rings. The fourth-order valence-electron chi connectivity index (χ4n) is 1.33. The molecule has 7 heteroatoms. The minimum absolute atomic E-state index is 0.0407. The van der Waals surface area contributed by atoms with Crippen LogP contribution in [0.15, 0.2) is 18.2 Å². The van der Waals surface area contributed by atoms with Crippen molar-refractivity contribution in [1.82, 2.24) is 5.32 Å². The summed E-state index contributed by atoms with van der Waals surface area (Å²) >= 11 is 3.28. The first-order chi connectivity index (χ1) is 8.75. The Morgan fingerprint density at radius 1 is 1.42 bits per heavy atom. The molecule has 0 spiro atoms. The van der Waals surface area contributed by atoms with Crippen LogP contribution < -0.4 is 5.32 Å². The first-order valence-electron chi connectivity index (χ1n) is 5.54. The summed E-state index contributed by atoms with van der Waals surface area (Å²) in [6, 6.07) is 2.18. The molecule has 19 heavy (non-hydrogen) atoms. The highest BCUT2D eigenvalue weighted by Gasteiger charge is 2.34. The highest BCUT2D eigenvalue weighted by atomic mass is 79.9. The third kappa shape index (κ3) is 4.49. The van der Waals surface area contributed by atoms with Crippen LogP contribution >= 0.6 is 15.9 Å². The lowest BCUT2D eigenvalue weighted by atomic mass is 10.1. The van der Waals surface area contributed by atoms with Gasteiger partial charge in [0.15, 0.2) is 0 Å². The van der Waals surface area contributed by atoms with Gasteiger partial charge in [-0.3, -0.25) is 4.79 Å². The van der Waals surface area contributed by atoms with Crippen molar-refractivity contribution in [2.75, 3.05) is 6.54 Å². The molecule has 1 rings (SSSR count). The lowest BCUT2D eigenvalue weighted by Crippen LogP contribution is -2.29. The minimum Gasteiger partial charge on any atom is -0.351 e. The molecule has 0 aliphatic heterocycles. The van der Waals surface area contributed by atoms with Crippen molar-refractivity contribution in [3.63, 3.8) is 0 Å². The molecule has 0 heterocycles. The Balaban J connectivity index is 2.87. The SMILES string of the molecule is CCC(Br)CNC(=O)c1ccc(F)c(C(F)(F)F)c1. The number of carbonyl (C=O) groups is 1. The third-order valence-electron chi connectivity index (χ3n) is 2.46. The molecule has 1 amide bonds. The van der Waals surface area contributed by atoms with E-state index in [2.05, 4.69) is 21.2 Å². The molecule has 106 valence electrons. The fraction of sp³-hybridized carbons (Fsp3) is 0.417. The number of rotatable bonds is 4. The van der Waals surface area contributed by atoms with E-state index in [-0.39, 0.29) is 16.9 Å². The van der Waals surface area contributed by atoms with E-state index in [1.807, 2.05) is 6.92 Å². The summed E-state index contributed by atoms with van der Waals surface area (Å²) in [6.07, 6.45) is -4.06. The Morgan fingerprint density at radius 3 is 2.58 bits per heavy atom. The van der Waals surface area contributed by atoms with Crippen molar-refractivity contribution in [1.29, 1.82) is 0 Å². The Bertz CT molecular complexity index is 462. The first kappa shape index (κ1) is 15.9. The lowest BCUT2D eigenvalue weighted by Gasteiger charge is -2.11. The quantitative estimate of drug-likeness (QED) is 0.655. The van der Waals surface area contributed by atoms with Crippen LogP contribution in [0.5, 0.6) is 0 Å². The van der Waals surface area contributed by atoms with Gasteiger partial charge in [0.2, 0.25) is 0 Å². The number of nitrogens with one attached hydrogen (secondary N) is 1. The molecule has 0 aliphatic rings. The Hall–Kier alpha value is -1.11. The van der Waals surface area contributed by atoms with Gasteiger partial charge in [0.1, 0.15) is 5.82 Å². The maximum absolute atomic E-state index is 13.0. The molecule has 1 N–H and O–H groups in total. The van der Waals surface area contributed by atoms with E-state index in [1.165, 1.54) is 0 Å². The predicted octanol–water partition coefficient (Wildman–Crippen LogP) is 3.75. The molecule has 0 saturated heterocycles. The molecule has 0 radical (unpaired) electrons. The summed E-state index contributed by atoms with van der Waals surface area (Å²) in [4.78, 5) is 11.7. The van der Waals surface area contributed by atoms with E-state index in [0.29, 0.717) is 12.1 Å². The average molecular weight is 342 g/mol. The highest BCUT2D eigenvalue weighted by Crippen LogP contribution is 2.31. The van der Waals surface area contributed by atoms with Gasteiger partial charge in [0, 0.05) is 16.9 Å². The van der Waals surface area contributed by atoms with E-state index >= 15 is 0 Å². The van der Waals surface area contributed by atoms with E-state index in [4.69, 9.17) is 0 Å². The number of hydrogen-bond donors (Lipinski definition) is 1. The Kier molecular flexibility index (Phi) is 5.34. The zero-order valence-electron chi connectivity index (χ0n) is 10.0. The van der Waals surface area contributed by atoms with Crippen LogP contribution in [-0.2, 0) is 6.18 Å². The third-order valence-corrected chi connectivity index (χ3v) is 3.43. The number of amides is 1. The van der Waals surface area contributed by atoms with Crippen molar-refractivity contribution < 1.29 is 22.4 Å². The van der Waals surface area contributed by atoms with Gasteiger partial charge in [0.25, 0.3) is 5.91 Å². The number of carbonyl (C=O) groups excluding carboxylic acids is 1. The molecule has 1 unspecified atom stereocenters. The maximum atomic E-state index is 13.0. The standard InChI is InChI=1S/C12H12BrF4NO/c1-2-8(13)6-18-11(19)7-3-4-10(14)9(5-7)12(15,16)17/h3-5,8H,2,6H2,1H3,(H,18,19). The van der Waals surface area contributed by atoms with Crippen LogP contribution in [0, 0.1) is 5.82 Å². The first-order valence-corrected chi connectivity index (χ1v) is 6.46. The number of alkyl halides is 4. The molecule has 0 saturated carbocycles.